The van der Waals surface area contributed by atoms with Crippen LogP contribution in [0.3, 0.4) is 0 Å². The number of ether oxygens (including phenoxy) is 1. The standard InChI is InChI=1S/C36H55N4O10/c1-3-5-7-17-37-32(46)19-28-9-11-30(12-10-28)21-39(48)36(25-44,26-45)27-50-34(40(49)35(22-41,23-42)24-43)31-15-13-29(14-16-31)20-33(47)38-18-8-6-4-2/h9-16,21,34,41-45H,3-8,17-20,22-27H2,1-2H3,(H,37,46)(H,38,47)/b39-21-. The number of nitrogens with one attached hydrogen (secondary N) is 2. The lowest BCUT2D eigenvalue weighted by atomic mass is 10.00. The minimum absolute atomic E-state index is 0.0826. The molecule has 0 fully saturated rings. The van der Waals surface area contributed by atoms with E-state index >= 15 is 0 Å². The van der Waals surface area contributed by atoms with Crippen LogP contribution < -0.4 is 10.6 Å². The van der Waals surface area contributed by atoms with Crippen molar-refractivity contribution in [2.75, 3.05) is 52.7 Å². The van der Waals surface area contributed by atoms with Crippen LogP contribution in [0.1, 0.15) is 80.9 Å². The topological polar surface area (TPSA) is 218 Å². The molecular weight excluding hydrogens is 648 g/mol. The van der Waals surface area contributed by atoms with E-state index in [0.29, 0.717) is 29.0 Å². The Morgan fingerprint density at radius 1 is 0.780 bits per heavy atom. The van der Waals surface area contributed by atoms with E-state index in [0.717, 1.165) is 50.3 Å². The average Bonchev–Trinajstić information content (AvgIpc) is 3.13. The van der Waals surface area contributed by atoms with Crippen LogP contribution in [0.4, 0.5) is 0 Å². The van der Waals surface area contributed by atoms with E-state index in [1.807, 2.05) is 0 Å². The summed E-state index contributed by atoms with van der Waals surface area (Å²) in [6, 6.07) is 12.8. The summed E-state index contributed by atoms with van der Waals surface area (Å²) in [5, 5.41) is 83.5. The molecule has 0 bridgehead atoms. The quantitative estimate of drug-likeness (QED) is 0.0195. The molecule has 0 aliphatic carbocycles. The summed E-state index contributed by atoms with van der Waals surface area (Å²) in [7, 11) is 0. The Hall–Kier alpha value is -3.47. The van der Waals surface area contributed by atoms with Gasteiger partial charge in [-0.1, -0.05) is 75.9 Å². The van der Waals surface area contributed by atoms with Gasteiger partial charge in [0.05, 0.1) is 32.7 Å². The number of carbonyl (C=O) groups excluding carboxylic acids is 2. The first-order chi connectivity index (χ1) is 24.1. The maximum atomic E-state index is 13.6. The molecule has 0 saturated heterocycles. The molecule has 2 rings (SSSR count). The second kappa shape index (κ2) is 22.4. The number of carbonyl (C=O) groups is 2. The third kappa shape index (κ3) is 12.7. The monoisotopic (exact) mass is 703 g/mol. The molecule has 0 saturated carbocycles. The van der Waals surface area contributed by atoms with E-state index in [-0.39, 0.29) is 35.3 Å². The fourth-order valence-corrected chi connectivity index (χ4v) is 4.98. The first kappa shape index (κ1) is 42.7. The molecule has 2 aromatic carbocycles. The summed E-state index contributed by atoms with van der Waals surface area (Å²) in [6.45, 7) is 0.0226. The zero-order valence-corrected chi connectivity index (χ0v) is 29.3. The summed E-state index contributed by atoms with van der Waals surface area (Å²) < 4.78 is 6.22. The van der Waals surface area contributed by atoms with Crippen LogP contribution in [0.25, 0.3) is 0 Å². The van der Waals surface area contributed by atoms with Crippen molar-refractivity contribution in [1.82, 2.24) is 15.7 Å². The number of unbranched alkanes of at least 4 members (excludes halogenated alkanes) is 4. The van der Waals surface area contributed by atoms with Crippen molar-refractivity contribution in [2.45, 2.75) is 82.5 Å². The van der Waals surface area contributed by atoms with Crippen LogP contribution >= 0.6 is 0 Å². The number of nitrogens with zero attached hydrogens (tertiary/aromatic N) is 2. The molecule has 0 aliphatic heterocycles. The van der Waals surface area contributed by atoms with Crippen LogP contribution in [0, 0.1) is 5.21 Å². The first-order valence-corrected chi connectivity index (χ1v) is 17.2. The smallest absolute Gasteiger partial charge is 0.241 e. The highest BCUT2D eigenvalue weighted by molar-refractivity contribution is 5.80. The molecule has 0 aromatic heterocycles. The van der Waals surface area contributed by atoms with Gasteiger partial charge in [-0.25, -0.2) is 0 Å². The number of hydrogen-bond acceptors (Lipinski definition) is 10. The van der Waals surface area contributed by atoms with E-state index in [9.17, 15) is 45.5 Å². The zero-order chi connectivity index (χ0) is 37.0. The molecule has 1 atom stereocenters. The summed E-state index contributed by atoms with van der Waals surface area (Å²) in [5.74, 6) is -0.292. The molecule has 0 aliphatic rings. The third-order valence-electron chi connectivity index (χ3n) is 8.57. The van der Waals surface area contributed by atoms with E-state index < -0.39 is 56.9 Å². The van der Waals surface area contributed by atoms with Gasteiger partial charge < -0.3 is 46.1 Å². The highest BCUT2D eigenvalue weighted by Gasteiger charge is 2.45. The van der Waals surface area contributed by atoms with E-state index in [1.54, 1.807) is 36.4 Å². The number of amides is 2. The number of aliphatic hydroxyl groups is 5. The fourth-order valence-electron chi connectivity index (χ4n) is 4.98. The largest absolute Gasteiger partial charge is 0.623 e. The van der Waals surface area contributed by atoms with Crippen molar-refractivity contribution in [3.05, 3.63) is 76.0 Å². The van der Waals surface area contributed by atoms with Gasteiger partial charge in [0.2, 0.25) is 17.4 Å². The molecule has 7 N–H and O–H groups in total. The molecule has 2 aromatic rings. The molecule has 2 amide bonds. The number of aliphatic hydroxyl groups excluding tert-OH is 5. The third-order valence-corrected chi connectivity index (χ3v) is 8.57. The Morgan fingerprint density at radius 2 is 1.24 bits per heavy atom. The summed E-state index contributed by atoms with van der Waals surface area (Å²) >= 11 is 0. The van der Waals surface area contributed by atoms with Gasteiger partial charge in [-0.05, 0) is 41.7 Å². The lowest BCUT2D eigenvalue weighted by molar-refractivity contribution is -0.561. The molecule has 14 nitrogen and oxygen atoms in total. The Labute approximate surface area is 294 Å². The minimum atomic E-state index is -2.08. The molecule has 14 heteroatoms. The predicted octanol–water partition coefficient (Wildman–Crippen LogP) is 1.12. The highest BCUT2D eigenvalue weighted by Crippen LogP contribution is 2.30. The maximum absolute atomic E-state index is 13.6. The number of rotatable bonds is 25. The summed E-state index contributed by atoms with van der Waals surface area (Å²) in [4.78, 5) is 24.6. The molecule has 1 unspecified atom stereocenters. The summed E-state index contributed by atoms with van der Waals surface area (Å²) in [5.41, 5.74) is -2.10. The van der Waals surface area contributed by atoms with Crippen molar-refractivity contribution in [2.24, 2.45) is 0 Å². The number of benzene rings is 2. The fraction of sp³-hybridized carbons (Fsp3) is 0.583. The highest BCUT2D eigenvalue weighted by atomic mass is 16.6. The van der Waals surface area contributed by atoms with Gasteiger partial charge in [-0.3, -0.25) is 9.59 Å². The van der Waals surface area contributed by atoms with Crippen LogP contribution in [0.15, 0.2) is 48.5 Å². The SMILES string of the molecule is CCCCCNC(=O)Cc1ccc(/C=[N+](\[O-])C(CO)(CO)COC(c2ccc(CC(=O)NCCCCC)cc2)N([O])C(CO)(CO)CO)cc1. The van der Waals surface area contributed by atoms with E-state index in [4.69, 9.17) is 4.74 Å². The predicted molar refractivity (Wildman–Crippen MR) is 186 cm³/mol. The van der Waals surface area contributed by atoms with Crippen molar-refractivity contribution in [3.63, 3.8) is 0 Å². The second-order valence-electron chi connectivity index (χ2n) is 12.6. The van der Waals surface area contributed by atoms with Crippen LogP contribution in [0.2, 0.25) is 0 Å². The maximum Gasteiger partial charge on any atom is 0.241 e. The van der Waals surface area contributed by atoms with Crippen LogP contribution in [-0.2, 0) is 32.4 Å². The Bertz CT molecular complexity index is 1290. The minimum Gasteiger partial charge on any atom is -0.623 e. The van der Waals surface area contributed by atoms with Gasteiger partial charge in [0, 0.05) is 18.7 Å². The van der Waals surface area contributed by atoms with Crippen molar-refractivity contribution < 1.29 is 49.8 Å². The van der Waals surface area contributed by atoms with Gasteiger partial charge in [0.1, 0.15) is 25.4 Å². The molecule has 50 heavy (non-hydrogen) atoms. The normalized spacial score (nSPS) is 13.0. The lowest BCUT2D eigenvalue weighted by Gasteiger charge is -2.39. The van der Waals surface area contributed by atoms with Crippen LogP contribution in [-0.4, -0.2) is 117 Å². The van der Waals surface area contributed by atoms with Crippen molar-refractivity contribution in [1.29, 1.82) is 0 Å². The number of hydrogen-bond donors (Lipinski definition) is 7. The van der Waals surface area contributed by atoms with Crippen LogP contribution in [0.5, 0.6) is 0 Å². The lowest BCUT2D eigenvalue weighted by Crippen LogP contribution is -2.58. The average molecular weight is 704 g/mol. The van der Waals surface area contributed by atoms with Crippen molar-refractivity contribution in [3.8, 4) is 0 Å². The van der Waals surface area contributed by atoms with E-state index in [2.05, 4.69) is 24.5 Å². The van der Waals surface area contributed by atoms with Gasteiger partial charge in [-0.2, -0.15) is 4.74 Å². The Balaban J connectivity index is 2.27. The first-order valence-electron chi connectivity index (χ1n) is 17.2. The molecule has 0 spiro atoms. The van der Waals surface area contributed by atoms with E-state index in [1.165, 1.54) is 12.1 Å². The van der Waals surface area contributed by atoms with Crippen molar-refractivity contribution >= 4 is 18.0 Å². The van der Waals surface area contributed by atoms with Gasteiger partial charge in [0.15, 0.2) is 12.4 Å². The van der Waals surface area contributed by atoms with Gasteiger partial charge >= 0.3 is 0 Å². The molecular formula is C36H55N4O10. The molecule has 279 valence electrons. The number of hydroxylamine groups is 3. The zero-order valence-electron chi connectivity index (χ0n) is 29.3. The van der Waals surface area contributed by atoms with Gasteiger partial charge in [-0.15, -0.1) is 10.3 Å². The Morgan fingerprint density at radius 3 is 1.66 bits per heavy atom. The Kier molecular flexibility index (Phi) is 19.1. The molecule has 1 radical (unpaired) electrons. The summed E-state index contributed by atoms with van der Waals surface area (Å²) in [6.07, 6.45) is 5.64. The molecule has 0 heterocycles. The second-order valence-corrected chi connectivity index (χ2v) is 12.6. The van der Waals surface area contributed by atoms with Gasteiger partial charge in [0.25, 0.3) is 0 Å².